The van der Waals surface area contributed by atoms with E-state index >= 15 is 0 Å². The highest BCUT2D eigenvalue weighted by atomic mass is 32.2. The second-order valence-electron chi connectivity index (χ2n) is 5.93. The third-order valence-corrected chi connectivity index (χ3v) is 5.31. The Labute approximate surface area is 161 Å². The molecule has 0 spiro atoms. The first-order valence-corrected chi connectivity index (χ1v) is 9.19. The van der Waals surface area contributed by atoms with E-state index in [9.17, 15) is 10.0 Å². The largest absolute Gasteiger partial charge is 0.733 e. The van der Waals surface area contributed by atoms with Crippen molar-refractivity contribution in [3.8, 4) is 5.75 Å². The van der Waals surface area contributed by atoms with Crippen molar-refractivity contribution in [2.75, 3.05) is 24.3 Å². The number of amides is 1. The Morgan fingerprint density at radius 3 is 2.52 bits per heavy atom. The Morgan fingerprint density at radius 1 is 1.26 bits per heavy atom. The molecule has 7 nitrogen and oxygen atoms in total. The van der Waals surface area contributed by atoms with Crippen molar-refractivity contribution in [3.05, 3.63) is 64.2 Å². The lowest BCUT2D eigenvalue weighted by molar-refractivity contribution is -0.125. The van der Waals surface area contributed by atoms with Crippen LogP contribution >= 0.6 is 11.8 Å². The van der Waals surface area contributed by atoms with Gasteiger partial charge in [-0.25, -0.2) is 0 Å². The number of rotatable bonds is 6. The Morgan fingerprint density at radius 2 is 1.93 bits per heavy atom. The summed E-state index contributed by atoms with van der Waals surface area (Å²) < 4.78 is 5.14. The summed E-state index contributed by atoms with van der Waals surface area (Å²) in [4.78, 5) is 15.1. The normalized spacial score (nSPS) is 18.1. The van der Waals surface area contributed by atoms with Crippen molar-refractivity contribution in [1.29, 1.82) is 0 Å². The van der Waals surface area contributed by atoms with Gasteiger partial charge in [0, 0.05) is 5.69 Å². The SMILES string of the molecule is COc1ccc(NCN2C(=O)/C(=C\c3ccc(N([O-])O)cc3)SC2C)cc1. The molecule has 0 radical (unpaired) electrons. The molecule has 1 aliphatic heterocycles. The van der Waals surface area contributed by atoms with Crippen LogP contribution in [0.5, 0.6) is 5.75 Å². The van der Waals surface area contributed by atoms with Gasteiger partial charge in [-0.1, -0.05) is 23.9 Å². The van der Waals surface area contributed by atoms with Crippen LogP contribution in [-0.2, 0) is 4.79 Å². The van der Waals surface area contributed by atoms with E-state index in [-0.39, 0.29) is 22.2 Å². The second kappa shape index (κ2) is 8.34. The topological polar surface area (TPSA) is 88.1 Å². The summed E-state index contributed by atoms with van der Waals surface area (Å²) in [5.74, 6) is 0.726. The summed E-state index contributed by atoms with van der Waals surface area (Å²) in [5.41, 5.74) is 1.83. The fraction of sp³-hybridized carbons (Fsp3) is 0.211. The van der Waals surface area contributed by atoms with Crippen LogP contribution in [0.3, 0.4) is 0 Å². The van der Waals surface area contributed by atoms with Crippen LogP contribution in [0, 0.1) is 5.21 Å². The number of methoxy groups -OCH3 is 1. The molecule has 3 rings (SSSR count). The van der Waals surface area contributed by atoms with Gasteiger partial charge in [0.05, 0.1) is 29.7 Å². The molecule has 2 N–H and O–H groups in total. The maximum absolute atomic E-state index is 12.7. The standard InChI is InChI=1S/C19H20N3O4S/c1-13-21(12-20-15-5-9-17(26-2)10-6-15)19(23)18(27-13)11-14-3-7-16(8-4-14)22(24)25/h3-11,13,20,24H,12H2,1-2H3/q-1/b18-11+. The number of ether oxygens (including phenoxy) is 1. The average molecular weight is 386 g/mol. The number of hydrogen-bond donors (Lipinski definition) is 2. The molecule has 0 aromatic heterocycles. The quantitative estimate of drug-likeness (QED) is 0.578. The lowest BCUT2D eigenvalue weighted by atomic mass is 10.2. The molecular weight excluding hydrogens is 366 g/mol. The van der Waals surface area contributed by atoms with E-state index in [0.29, 0.717) is 11.6 Å². The maximum atomic E-state index is 12.7. The van der Waals surface area contributed by atoms with E-state index < -0.39 is 0 Å². The Bertz CT molecular complexity index is 822. The molecule has 142 valence electrons. The Balaban J connectivity index is 1.65. The van der Waals surface area contributed by atoms with Crippen LogP contribution in [0.4, 0.5) is 11.4 Å². The second-order valence-corrected chi connectivity index (χ2v) is 7.29. The number of nitrogens with zero attached hydrogens (tertiary/aromatic N) is 2. The van der Waals surface area contributed by atoms with Gasteiger partial charge in [-0.05, 0) is 55.0 Å². The van der Waals surface area contributed by atoms with Crippen LogP contribution in [0.25, 0.3) is 6.08 Å². The van der Waals surface area contributed by atoms with Gasteiger partial charge >= 0.3 is 0 Å². The lowest BCUT2D eigenvalue weighted by Gasteiger charge is -2.21. The molecule has 1 saturated heterocycles. The van der Waals surface area contributed by atoms with E-state index in [2.05, 4.69) is 5.32 Å². The first-order valence-electron chi connectivity index (χ1n) is 8.31. The number of hydrogen-bond acceptors (Lipinski definition) is 7. The van der Waals surface area contributed by atoms with Crippen molar-refractivity contribution in [3.63, 3.8) is 0 Å². The van der Waals surface area contributed by atoms with E-state index in [4.69, 9.17) is 9.94 Å². The van der Waals surface area contributed by atoms with E-state index in [1.807, 2.05) is 31.2 Å². The molecule has 0 saturated carbocycles. The minimum Gasteiger partial charge on any atom is -0.733 e. The van der Waals surface area contributed by atoms with Gasteiger partial charge in [0.25, 0.3) is 5.91 Å². The summed E-state index contributed by atoms with van der Waals surface area (Å²) >= 11 is 1.48. The molecule has 0 aliphatic carbocycles. The Kier molecular flexibility index (Phi) is 5.90. The molecule has 1 amide bonds. The monoisotopic (exact) mass is 386 g/mol. The minimum absolute atomic E-state index is 0.00310. The first kappa shape index (κ1) is 19.1. The predicted molar refractivity (Wildman–Crippen MR) is 107 cm³/mol. The molecule has 1 aliphatic rings. The average Bonchev–Trinajstić information content (AvgIpc) is 2.94. The zero-order valence-electron chi connectivity index (χ0n) is 15.0. The molecule has 1 heterocycles. The number of nitrogens with one attached hydrogen (secondary N) is 1. The smallest absolute Gasteiger partial charge is 0.262 e. The molecule has 0 bridgehead atoms. The van der Waals surface area contributed by atoms with Gasteiger partial charge in [0.15, 0.2) is 0 Å². The van der Waals surface area contributed by atoms with Gasteiger partial charge in [-0.3, -0.25) is 10.0 Å². The number of benzene rings is 2. The van der Waals surface area contributed by atoms with Gasteiger partial charge in [-0.2, -0.15) is 0 Å². The maximum Gasteiger partial charge on any atom is 0.262 e. The summed E-state index contributed by atoms with van der Waals surface area (Å²) in [5, 5.41) is 22.8. The van der Waals surface area contributed by atoms with Crippen molar-refractivity contribution < 1.29 is 14.7 Å². The molecule has 2 aromatic rings. The van der Waals surface area contributed by atoms with Gasteiger partial charge < -0.3 is 25.4 Å². The molecule has 8 heteroatoms. The number of thioether (sulfide) groups is 1. The summed E-state index contributed by atoms with van der Waals surface area (Å²) in [6.07, 6.45) is 1.78. The van der Waals surface area contributed by atoms with Crippen LogP contribution in [0.15, 0.2) is 53.4 Å². The summed E-state index contributed by atoms with van der Waals surface area (Å²) in [7, 11) is 1.62. The molecule has 27 heavy (non-hydrogen) atoms. The van der Waals surface area contributed by atoms with Gasteiger partial charge in [0.1, 0.15) is 5.75 Å². The lowest BCUT2D eigenvalue weighted by Crippen LogP contribution is -2.35. The van der Waals surface area contributed by atoms with Crippen LogP contribution in [0.2, 0.25) is 0 Å². The zero-order chi connectivity index (χ0) is 19.4. The van der Waals surface area contributed by atoms with Gasteiger partial charge in [0.2, 0.25) is 0 Å². The Hall–Kier alpha value is -2.68. The highest BCUT2D eigenvalue weighted by molar-refractivity contribution is 8.05. The van der Waals surface area contributed by atoms with Crippen LogP contribution in [-0.4, -0.2) is 35.2 Å². The van der Waals surface area contributed by atoms with Crippen molar-refractivity contribution in [1.82, 2.24) is 4.90 Å². The van der Waals surface area contributed by atoms with Gasteiger partial charge in [-0.15, -0.1) is 0 Å². The fourth-order valence-corrected chi connectivity index (χ4v) is 3.72. The summed E-state index contributed by atoms with van der Waals surface area (Å²) in [6, 6.07) is 13.9. The minimum atomic E-state index is -0.193. The number of anilines is 2. The third kappa shape index (κ3) is 4.54. The molecule has 2 aromatic carbocycles. The highest BCUT2D eigenvalue weighted by Gasteiger charge is 2.32. The van der Waals surface area contributed by atoms with Crippen molar-refractivity contribution in [2.45, 2.75) is 12.3 Å². The number of carbonyl (C=O) groups excluding carboxylic acids is 1. The number of carbonyl (C=O) groups is 1. The summed E-state index contributed by atoms with van der Waals surface area (Å²) in [6.45, 7) is 2.37. The molecule has 1 unspecified atom stereocenters. The predicted octanol–water partition coefficient (Wildman–Crippen LogP) is 3.72. The van der Waals surface area contributed by atoms with E-state index in [1.165, 1.54) is 23.9 Å². The molecule has 1 atom stereocenters. The van der Waals surface area contributed by atoms with Crippen molar-refractivity contribution >= 4 is 35.1 Å². The fourth-order valence-electron chi connectivity index (χ4n) is 2.64. The van der Waals surface area contributed by atoms with Crippen LogP contribution in [0.1, 0.15) is 12.5 Å². The molecular formula is C19H20N3O4S-. The molecule has 1 fully saturated rings. The zero-order valence-corrected chi connectivity index (χ0v) is 15.8. The highest BCUT2D eigenvalue weighted by Crippen LogP contribution is 2.35. The van der Waals surface area contributed by atoms with Crippen molar-refractivity contribution in [2.24, 2.45) is 0 Å². The first-order chi connectivity index (χ1) is 13.0. The van der Waals surface area contributed by atoms with E-state index in [0.717, 1.165) is 17.0 Å². The third-order valence-electron chi connectivity index (χ3n) is 4.16. The van der Waals surface area contributed by atoms with Crippen LogP contribution < -0.4 is 15.3 Å². The van der Waals surface area contributed by atoms with E-state index in [1.54, 1.807) is 30.2 Å².